The van der Waals surface area contributed by atoms with Crippen molar-refractivity contribution in [2.75, 3.05) is 9.80 Å². The quantitative estimate of drug-likeness (QED) is 0.0806. The van der Waals surface area contributed by atoms with Crippen molar-refractivity contribution >= 4 is 46.3 Å². The number of hydrogen-bond donors (Lipinski definition) is 0. The molecule has 0 spiro atoms. The SMILES string of the molecule is C=Cc1ccc(Oc2ccc(C3(c4ccccc4)c4cc(-c5ccccc5)ccc4-c4ccc(N(c5ccc(-c6ccc(N(c7cccc(F)c7)c7ccc8c(c7)C(c7ccccc7)(c7ccc(Oc9ccc(C=C)cc9)cc7)c7cc(-c9ccccc9)ccc7-8)cc6)cc5)c5cccc(F)c5)cc43)cc2)cc1. The summed E-state index contributed by atoms with van der Waals surface area (Å²) in [4.78, 5) is 4.29. The molecule has 18 rings (SSSR count). The summed E-state index contributed by atoms with van der Waals surface area (Å²) in [5.74, 6) is 2.20. The van der Waals surface area contributed by atoms with Crippen molar-refractivity contribution in [3.63, 3.8) is 0 Å². The van der Waals surface area contributed by atoms with E-state index < -0.39 is 10.8 Å². The highest BCUT2D eigenvalue weighted by molar-refractivity contribution is 5.94. The molecule has 0 aliphatic heterocycles. The van der Waals surface area contributed by atoms with Gasteiger partial charge in [-0.25, -0.2) is 8.78 Å². The van der Waals surface area contributed by atoms with Gasteiger partial charge in [0, 0.05) is 34.1 Å². The van der Waals surface area contributed by atoms with E-state index in [-0.39, 0.29) is 11.6 Å². The van der Waals surface area contributed by atoms with Gasteiger partial charge in [0.05, 0.1) is 10.8 Å². The second-order valence-corrected chi connectivity index (χ2v) is 27.5. The lowest BCUT2D eigenvalue weighted by Gasteiger charge is -2.35. The van der Waals surface area contributed by atoms with Crippen LogP contribution in [0, 0.1) is 11.6 Å². The Labute approximate surface area is 628 Å². The summed E-state index contributed by atoms with van der Waals surface area (Å²) >= 11 is 0. The highest BCUT2D eigenvalue weighted by atomic mass is 19.1. The van der Waals surface area contributed by atoms with Gasteiger partial charge in [-0.2, -0.15) is 0 Å². The summed E-state index contributed by atoms with van der Waals surface area (Å²) in [7, 11) is 0. The number of fused-ring (bicyclic) bond motifs is 6. The zero-order valence-corrected chi connectivity index (χ0v) is 59.0. The molecule has 2 atom stereocenters. The largest absolute Gasteiger partial charge is 0.457 e. The standard InChI is InChI=1S/C102H70F2N2O2/c1-3-69-31-51-89(52-32-69)107-91-55-41-79(42-56-91)101(77-23-13-7-14-24-77)97-63-75(71-19-9-5-10-20-71)39-59-93(97)95-61-49-87(67-99(95)101)105(85-29-17-27-81(103)65-85)83-45-35-73(36-46-83)74-37-47-84(48-38-74)106(86-30-18-28-82(104)66-86)88-50-62-96-94-60-40-76(72-21-11-6-12-22-72)64-98(94)102(100(96)68-88,78-25-15-8-16-26-78)80-43-57-92(58-44-80)108-90-53-33-70(4-2)34-54-90/h3-68H,1-2H2. The lowest BCUT2D eigenvalue weighted by molar-refractivity contribution is 0.482. The Morgan fingerprint density at radius 2 is 0.509 bits per heavy atom. The van der Waals surface area contributed by atoms with Crippen LogP contribution in [0.1, 0.15) is 55.6 Å². The first-order valence-corrected chi connectivity index (χ1v) is 36.3. The van der Waals surface area contributed by atoms with Crippen LogP contribution >= 0.6 is 0 Å². The first kappa shape index (κ1) is 66.0. The fourth-order valence-corrected chi connectivity index (χ4v) is 16.4. The highest BCUT2D eigenvalue weighted by Gasteiger charge is 2.49. The lowest BCUT2D eigenvalue weighted by atomic mass is 9.67. The number of nitrogens with zero attached hydrogens (tertiary/aromatic N) is 2. The molecule has 0 bridgehead atoms. The number of rotatable bonds is 19. The number of ether oxygens (including phenoxy) is 2. The third-order valence-electron chi connectivity index (χ3n) is 21.4. The van der Waals surface area contributed by atoms with Crippen molar-refractivity contribution in [3.05, 3.63) is 469 Å². The molecule has 6 heteroatoms. The molecule has 514 valence electrons. The fourth-order valence-electron chi connectivity index (χ4n) is 16.4. The molecule has 0 saturated carbocycles. The van der Waals surface area contributed by atoms with E-state index in [4.69, 9.17) is 9.47 Å². The van der Waals surface area contributed by atoms with E-state index in [1.54, 1.807) is 24.3 Å². The first-order chi connectivity index (χ1) is 53.2. The van der Waals surface area contributed by atoms with Crippen molar-refractivity contribution in [2.45, 2.75) is 10.8 Å². The summed E-state index contributed by atoms with van der Waals surface area (Å²) in [5, 5.41) is 0. The van der Waals surface area contributed by atoms with E-state index >= 15 is 8.78 Å². The average Bonchev–Trinajstić information content (AvgIpc) is 1.53. The monoisotopic (exact) mass is 1390 g/mol. The van der Waals surface area contributed by atoms with Gasteiger partial charge in [0.25, 0.3) is 0 Å². The van der Waals surface area contributed by atoms with Gasteiger partial charge in [0.15, 0.2) is 0 Å². The summed E-state index contributed by atoms with van der Waals surface area (Å²) in [5.41, 5.74) is 24.8. The Bertz CT molecular complexity index is 5640. The van der Waals surface area contributed by atoms with E-state index in [9.17, 15) is 0 Å². The van der Waals surface area contributed by atoms with Crippen molar-refractivity contribution in [1.82, 2.24) is 0 Å². The van der Waals surface area contributed by atoms with Crippen molar-refractivity contribution in [1.29, 1.82) is 0 Å². The van der Waals surface area contributed by atoms with Crippen LogP contribution in [0.4, 0.5) is 42.9 Å². The topological polar surface area (TPSA) is 24.9 Å². The van der Waals surface area contributed by atoms with Crippen LogP contribution in [-0.2, 0) is 10.8 Å². The summed E-state index contributed by atoms with van der Waals surface area (Å²) in [6.07, 6.45) is 3.65. The minimum Gasteiger partial charge on any atom is -0.457 e. The fraction of sp³-hybridized carbons (Fsp3) is 0.0196. The molecule has 16 aromatic carbocycles. The van der Waals surface area contributed by atoms with E-state index in [1.165, 1.54) is 12.1 Å². The predicted octanol–water partition coefficient (Wildman–Crippen LogP) is 27.5. The Morgan fingerprint density at radius 3 is 0.852 bits per heavy atom. The van der Waals surface area contributed by atoms with Gasteiger partial charge >= 0.3 is 0 Å². The third-order valence-corrected chi connectivity index (χ3v) is 21.4. The molecular weight excluding hydrogens is 1320 g/mol. The summed E-state index contributed by atoms with van der Waals surface area (Å²) in [6, 6.07) is 133. The van der Waals surface area contributed by atoms with Crippen LogP contribution in [0.25, 0.3) is 67.8 Å². The molecule has 0 saturated heterocycles. The zero-order valence-electron chi connectivity index (χ0n) is 59.0. The number of halogens is 2. The van der Waals surface area contributed by atoms with Crippen LogP contribution in [0.3, 0.4) is 0 Å². The molecule has 0 N–H and O–H groups in total. The van der Waals surface area contributed by atoms with Crippen LogP contribution in [0.2, 0.25) is 0 Å². The van der Waals surface area contributed by atoms with Crippen LogP contribution in [0.5, 0.6) is 23.0 Å². The second kappa shape index (κ2) is 27.9. The van der Waals surface area contributed by atoms with Gasteiger partial charge in [-0.3, -0.25) is 0 Å². The van der Waals surface area contributed by atoms with Crippen LogP contribution < -0.4 is 19.3 Å². The molecule has 0 heterocycles. The Kier molecular flexibility index (Phi) is 17.1. The lowest BCUT2D eigenvalue weighted by Crippen LogP contribution is -2.29. The van der Waals surface area contributed by atoms with Crippen molar-refractivity contribution < 1.29 is 18.3 Å². The second-order valence-electron chi connectivity index (χ2n) is 27.5. The van der Waals surface area contributed by atoms with Gasteiger partial charge in [0.1, 0.15) is 34.6 Å². The minimum absolute atomic E-state index is 0.345. The number of anilines is 6. The molecule has 2 aliphatic rings. The van der Waals surface area contributed by atoms with E-state index in [0.717, 1.165) is 146 Å². The van der Waals surface area contributed by atoms with Crippen LogP contribution in [0.15, 0.2) is 401 Å². The Balaban J connectivity index is 0.727. The minimum atomic E-state index is -0.819. The molecule has 0 radical (unpaired) electrons. The maximum atomic E-state index is 15.9. The van der Waals surface area contributed by atoms with E-state index in [0.29, 0.717) is 22.9 Å². The molecule has 2 aliphatic carbocycles. The first-order valence-electron chi connectivity index (χ1n) is 36.3. The highest BCUT2D eigenvalue weighted by Crippen LogP contribution is 2.61. The maximum absolute atomic E-state index is 15.9. The van der Waals surface area contributed by atoms with E-state index in [1.807, 2.05) is 72.8 Å². The van der Waals surface area contributed by atoms with Gasteiger partial charge in [-0.1, -0.05) is 268 Å². The molecular formula is C102H70F2N2O2. The molecule has 2 unspecified atom stereocenters. The normalized spacial score (nSPS) is 14.4. The predicted molar refractivity (Wildman–Crippen MR) is 440 cm³/mol. The number of hydrogen-bond acceptors (Lipinski definition) is 4. The Hall–Kier alpha value is -13.9. The Morgan fingerprint density at radius 1 is 0.231 bits per heavy atom. The van der Waals surface area contributed by atoms with Crippen molar-refractivity contribution in [3.8, 4) is 78.6 Å². The summed E-state index contributed by atoms with van der Waals surface area (Å²) < 4.78 is 44.8. The molecule has 4 nitrogen and oxygen atoms in total. The van der Waals surface area contributed by atoms with E-state index in [2.05, 4.69) is 314 Å². The van der Waals surface area contributed by atoms with Gasteiger partial charge in [-0.15, -0.1) is 0 Å². The molecule has 16 aromatic rings. The molecule has 0 fully saturated rings. The van der Waals surface area contributed by atoms with Gasteiger partial charge < -0.3 is 19.3 Å². The number of benzene rings is 16. The molecule has 108 heavy (non-hydrogen) atoms. The molecule has 0 aromatic heterocycles. The van der Waals surface area contributed by atoms with Gasteiger partial charge in [0.2, 0.25) is 0 Å². The van der Waals surface area contributed by atoms with Gasteiger partial charge in [-0.05, 0) is 257 Å². The smallest absolute Gasteiger partial charge is 0.127 e. The third kappa shape index (κ3) is 11.8. The zero-order chi connectivity index (χ0) is 72.7. The summed E-state index contributed by atoms with van der Waals surface area (Å²) in [6.45, 7) is 7.86. The average molecular weight is 1390 g/mol. The maximum Gasteiger partial charge on any atom is 0.127 e. The van der Waals surface area contributed by atoms with Crippen molar-refractivity contribution in [2.24, 2.45) is 0 Å². The molecule has 0 amide bonds. The van der Waals surface area contributed by atoms with Crippen LogP contribution in [-0.4, -0.2) is 0 Å².